The first-order valence-electron chi connectivity index (χ1n) is 10.2. The van der Waals surface area contributed by atoms with Crippen molar-refractivity contribution >= 4 is 17.7 Å². The average molecular weight is 416 g/mol. The van der Waals surface area contributed by atoms with Gasteiger partial charge in [-0.3, -0.25) is 9.59 Å². The largest absolute Gasteiger partial charge is 0.497 e. The molecule has 7 heteroatoms. The topological polar surface area (TPSA) is 84.1 Å². The van der Waals surface area contributed by atoms with Gasteiger partial charge in [0.25, 0.3) is 5.56 Å². The highest BCUT2D eigenvalue weighted by atomic mass is 32.2. The Hall–Kier alpha value is -2.28. The number of carbonyl (C=O) groups excluding carboxylic acids is 1. The number of amides is 1. The van der Waals surface area contributed by atoms with E-state index in [1.165, 1.54) is 43.9 Å². The number of rotatable bonds is 8. The van der Waals surface area contributed by atoms with Crippen molar-refractivity contribution in [2.75, 3.05) is 13.7 Å². The lowest BCUT2D eigenvalue weighted by molar-refractivity contribution is -0.120. The molecule has 0 bridgehead atoms. The number of H-pyrrole nitrogens is 1. The first-order valence-corrected chi connectivity index (χ1v) is 11.2. The summed E-state index contributed by atoms with van der Waals surface area (Å²) in [4.78, 5) is 32.1. The summed E-state index contributed by atoms with van der Waals surface area (Å²) in [5.74, 6) is 1.93. The second-order valence-electron chi connectivity index (χ2n) is 7.56. The number of ether oxygens (including phenoxy) is 1. The maximum absolute atomic E-state index is 12.5. The second kappa shape index (κ2) is 10.5. The van der Waals surface area contributed by atoms with Crippen LogP contribution in [0.25, 0.3) is 0 Å². The van der Waals surface area contributed by atoms with E-state index in [0.29, 0.717) is 34.6 Å². The monoisotopic (exact) mass is 415 g/mol. The number of carbonyl (C=O) groups is 1. The van der Waals surface area contributed by atoms with Crippen molar-refractivity contribution < 1.29 is 9.53 Å². The molecule has 29 heavy (non-hydrogen) atoms. The van der Waals surface area contributed by atoms with Crippen molar-refractivity contribution in [2.45, 2.75) is 56.4 Å². The van der Waals surface area contributed by atoms with Crippen LogP contribution in [0.2, 0.25) is 0 Å². The van der Waals surface area contributed by atoms with Crippen LogP contribution in [0, 0.1) is 12.8 Å². The van der Waals surface area contributed by atoms with Gasteiger partial charge in [0.15, 0.2) is 5.16 Å². The van der Waals surface area contributed by atoms with Gasteiger partial charge >= 0.3 is 0 Å². The number of hydrogen-bond acceptors (Lipinski definition) is 5. The van der Waals surface area contributed by atoms with Crippen LogP contribution in [0.5, 0.6) is 5.75 Å². The van der Waals surface area contributed by atoms with Crippen molar-refractivity contribution in [2.24, 2.45) is 5.92 Å². The molecule has 0 saturated heterocycles. The van der Waals surface area contributed by atoms with Crippen LogP contribution >= 0.6 is 11.8 Å². The molecule has 1 aromatic heterocycles. The van der Waals surface area contributed by atoms with Crippen LogP contribution < -0.4 is 15.6 Å². The molecule has 0 atom stereocenters. The normalized spacial score (nSPS) is 14.6. The number of nitrogens with one attached hydrogen (secondary N) is 2. The van der Waals surface area contributed by atoms with E-state index in [2.05, 4.69) is 15.3 Å². The summed E-state index contributed by atoms with van der Waals surface area (Å²) in [5.41, 5.74) is 1.89. The average Bonchev–Trinajstić information content (AvgIpc) is 2.74. The number of aromatic amines is 1. The third-order valence-corrected chi connectivity index (χ3v) is 6.30. The number of methoxy groups -OCH3 is 1. The Kier molecular flexibility index (Phi) is 7.75. The van der Waals surface area contributed by atoms with Gasteiger partial charge in [0.2, 0.25) is 5.91 Å². The molecule has 2 aromatic rings. The van der Waals surface area contributed by atoms with Crippen molar-refractivity contribution in [1.82, 2.24) is 15.3 Å². The fraction of sp³-hybridized carbons (Fsp3) is 0.500. The smallest absolute Gasteiger partial charge is 0.255 e. The van der Waals surface area contributed by atoms with Crippen molar-refractivity contribution in [3.8, 4) is 5.75 Å². The predicted octanol–water partition coefficient (Wildman–Crippen LogP) is 3.62. The molecule has 6 nitrogen and oxygen atoms in total. The molecule has 1 heterocycles. The standard InChI is InChI=1S/C22H29N3O3S/c1-15-19(12-20(26)23-13-16-7-4-3-5-8-16)21(27)25-22(24-15)29-14-17-9-6-10-18(11-17)28-2/h6,9-11,16H,3-5,7-8,12-14H2,1-2H3,(H,23,26)(H,24,25,27). The zero-order valence-electron chi connectivity index (χ0n) is 17.1. The van der Waals surface area contributed by atoms with Crippen LogP contribution in [-0.2, 0) is 17.0 Å². The van der Waals surface area contributed by atoms with Gasteiger partial charge in [0.1, 0.15) is 5.75 Å². The van der Waals surface area contributed by atoms with Gasteiger partial charge < -0.3 is 15.0 Å². The molecule has 1 fully saturated rings. The summed E-state index contributed by atoms with van der Waals surface area (Å²) in [6.07, 6.45) is 6.23. The minimum atomic E-state index is -0.238. The van der Waals surface area contributed by atoms with Crippen LogP contribution in [0.15, 0.2) is 34.2 Å². The zero-order chi connectivity index (χ0) is 20.6. The van der Waals surface area contributed by atoms with E-state index in [1.54, 1.807) is 14.0 Å². The molecule has 0 unspecified atom stereocenters. The highest BCUT2D eigenvalue weighted by molar-refractivity contribution is 7.98. The lowest BCUT2D eigenvalue weighted by atomic mass is 9.89. The van der Waals surface area contributed by atoms with E-state index in [4.69, 9.17) is 4.74 Å². The van der Waals surface area contributed by atoms with E-state index in [0.717, 1.165) is 11.3 Å². The third kappa shape index (κ3) is 6.35. The van der Waals surface area contributed by atoms with Crippen molar-refractivity contribution in [3.05, 3.63) is 51.4 Å². The highest BCUT2D eigenvalue weighted by Crippen LogP contribution is 2.23. The van der Waals surface area contributed by atoms with E-state index < -0.39 is 0 Å². The van der Waals surface area contributed by atoms with Gasteiger partial charge in [-0.15, -0.1) is 0 Å². The lowest BCUT2D eigenvalue weighted by Crippen LogP contribution is -2.33. The molecule has 0 radical (unpaired) electrons. The van der Waals surface area contributed by atoms with Crippen LogP contribution in [0.4, 0.5) is 0 Å². The molecule has 3 rings (SSSR count). The van der Waals surface area contributed by atoms with Crippen LogP contribution in [-0.4, -0.2) is 29.5 Å². The van der Waals surface area contributed by atoms with E-state index in [-0.39, 0.29) is 17.9 Å². The summed E-state index contributed by atoms with van der Waals surface area (Å²) in [7, 11) is 1.64. The predicted molar refractivity (Wildman–Crippen MR) is 115 cm³/mol. The van der Waals surface area contributed by atoms with Gasteiger partial charge in [0.05, 0.1) is 13.5 Å². The van der Waals surface area contributed by atoms with Gasteiger partial charge in [-0.05, 0) is 43.4 Å². The molecule has 1 saturated carbocycles. The fourth-order valence-electron chi connectivity index (χ4n) is 3.65. The van der Waals surface area contributed by atoms with Crippen LogP contribution in [0.3, 0.4) is 0 Å². The molecule has 0 aliphatic heterocycles. The molecule has 1 aliphatic carbocycles. The molecule has 1 amide bonds. The minimum absolute atomic E-state index is 0.0711. The molecular formula is C22H29N3O3S. The third-order valence-electron chi connectivity index (χ3n) is 5.36. The number of aromatic nitrogens is 2. The quantitative estimate of drug-likeness (QED) is 0.508. The van der Waals surface area contributed by atoms with Crippen molar-refractivity contribution in [1.29, 1.82) is 0 Å². The number of thioether (sulfide) groups is 1. The first kappa shape index (κ1) is 21.4. The molecular weight excluding hydrogens is 386 g/mol. The van der Waals surface area contributed by atoms with E-state index >= 15 is 0 Å². The Morgan fingerprint density at radius 1 is 1.31 bits per heavy atom. The van der Waals surface area contributed by atoms with Crippen molar-refractivity contribution in [3.63, 3.8) is 0 Å². The molecule has 156 valence electrons. The maximum atomic E-state index is 12.5. The van der Waals surface area contributed by atoms with Gasteiger partial charge in [-0.25, -0.2) is 4.98 Å². The maximum Gasteiger partial charge on any atom is 0.255 e. The second-order valence-corrected chi connectivity index (χ2v) is 8.52. The summed E-state index contributed by atoms with van der Waals surface area (Å²) in [6, 6.07) is 7.80. The number of nitrogens with zero attached hydrogens (tertiary/aromatic N) is 1. The number of aryl methyl sites for hydroxylation is 1. The summed E-state index contributed by atoms with van der Waals surface area (Å²) in [6.45, 7) is 2.49. The number of benzene rings is 1. The van der Waals surface area contributed by atoms with E-state index in [1.807, 2.05) is 24.3 Å². The fourth-order valence-corrected chi connectivity index (χ4v) is 4.50. The van der Waals surface area contributed by atoms with E-state index in [9.17, 15) is 9.59 Å². The zero-order valence-corrected chi connectivity index (χ0v) is 17.9. The Balaban J connectivity index is 1.56. The van der Waals surface area contributed by atoms with Crippen LogP contribution in [0.1, 0.15) is 48.9 Å². The highest BCUT2D eigenvalue weighted by Gasteiger charge is 2.16. The SMILES string of the molecule is COc1cccc(CSc2nc(C)c(CC(=O)NCC3CCCCC3)c(=O)[nH]2)c1. The first-order chi connectivity index (χ1) is 14.0. The van der Waals surface area contributed by atoms with Gasteiger partial charge in [-0.1, -0.05) is 43.2 Å². The Bertz CT molecular complexity index is 891. The Morgan fingerprint density at radius 2 is 2.10 bits per heavy atom. The summed E-state index contributed by atoms with van der Waals surface area (Å²) < 4.78 is 5.24. The molecule has 1 aliphatic rings. The van der Waals surface area contributed by atoms with Gasteiger partial charge in [-0.2, -0.15) is 0 Å². The Morgan fingerprint density at radius 3 is 2.83 bits per heavy atom. The minimum Gasteiger partial charge on any atom is -0.497 e. The summed E-state index contributed by atoms with van der Waals surface area (Å²) >= 11 is 1.45. The van der Waals surface area contributed by atoms with Gasteiger partial charge in [0, 0.05) is 23.6 Å². The summed E-state index contributed by atoms with van der Waals surface area (Å²) in [5, 5.41) is 3.55. The molecule has 0 spiro atoms. The molecule has 1 aromatic carbocycles. The molecule has 2 N–H and O–H groups in total. The lowest BCUT2D eigenvalue weighted by Gasteiger charge is -2.21. The number of hydrogen-bond donors (Lipinski definition) is 2. The Labute approximate surface area is 175 Å².